The van der Waals surface area contributed by atoms with Gasteiger partial charge in [0.05, 0.1) is 6.61 Å². The molecule has 1 N–H and O–H groups in total. The topological polar surface area (TPSA) is 38.3 Å². The van der Waals surface area contributed by atoms with Gasteiger partial charge in [0.2, 0.25) is 5.91 Å². The number of unbranched alkanes of at least 4 members (excludes halogenated alkanes) is 9. The van der Waals surface area contributed by atoms with Gasteiger partial charge in [-0.2, -0.15) is 0 Å². The molecule has 0 fully saturated rings. The van der Waals surface area contributed by atoms with Gasteiger partial charge in [-0.25, -0.2) is 0 Å². The lowest BCUT2D eigenvalue weighted by Crippen LogP contribution is -2.33. The third kappa shape index (κ3) is 13.4. The van der Waals surface area contributed by atoms with Gasteiger partial charge in [0.25, 0.3) is 0 Å². The van der Waals surface area contributed by atoms with E-state index in [2.05, 4.69) is 18.8 Å². The minimum atomic E-state index is -0.0685. The summed E-state index contributed by atoms with van der Waals surface area (Å²) in [6.45, 7) is 6.52. The van der Waals surface area contributed by atoms with Crippen molar-refractivity contribution in [2.24, 2.45) is 0 Å². The van der Waals surface area contributed by atoms with Crippen LogP contribution in [0.3, 0.4) is 0 Å². The fourth-order valence-electron chi connectivity index (χ4n) is 3.46. The fraction of sp³-hybridized carbons (Fsp3) is 0.640. The van der Waals surface area contributed by atoms with E-state index in [4.69, 9.17) is 4.74 Å². The van der Waals surface area contributed by atoms with Gasteiger partial charge in [0.1, 0.15) is 5.75 Å². The maximum Gasteiger partial charge on any atom is 0.243 e. The number of para-hydroxylation sites is 1. The van der Waals surface area contributed by atoms with Crippen molar-refractivity contribution in [1.82, 2.24) is 5.32 Å². The first kappa shape index (κ1) is 24.3. The largest absolute Gasteiger partial charge is 0.494 e. The van der Waals surface area contributed by atoms with Crippen LogP contribution in [0.5, 0.6) is 5.75 Å². The molecule has 158 valence electrons. The van der Waals surface area contributed by atoms with Gasteiger partial charge in [-0.1, -0.05) is 95.9 Å². The molecule has 0 radical (unpaired) electrons. The predicted molar refractivity (Wildman–Crippen MR) is 120 cm³/mol. The quantitative estimate of drug-likeness (QED) is 0.221. The first-order chi connectivity index (χ1) is 13.8. The van der Waals surface area contributed by atoms with Crippen molar-refractivity contribution >= 4 is 5.91 Å². The highest BCUT2D eigenvalue weighted by Gasteiger charge is 2.10. The molecule has 0 heterocycles. The van der Waals surface area contributed by atoms with Crippen LogP contribution in [-0.4, -0.2) is 18.6 Å². The summed E-state index contributed by atoms with van der Waals surface area (Å²) in [7, 11) is 0. The minimum absolute atomic E-state index is 0.0685. The highest BCUT2D eigenvalue weighted by molar-refractivity contribution is 5.87. The second kappa shape index (κ2) is 17.3. The molecule has 3 heteroatoms. The summed E-state index contributed by atoms with van der Waals surface area (Å²) < 4.78 is 5.76. The zero-order valence-electron chi connectivity index (χ0n) is 18.0. The highest BCUT2D eigenvalue weighted by Crippen LogP contribution is 2.14. The number of hydrogen-bond donors (Lipinski definition) is 1. The van der Waals surface area contributed by atoms with E-state index in [1.165, 1.54) is 70.3 Å². The molecule has 28 heavy (non-hydrogen) atoms. The first-order valence-electron chi connectivity index (χ1n) is 11.4. The van der Waals surface area contributed by atoms with Gasteiger partial charge >= 0.3 is 0 Å². The Bertz CT molecular complexity index is 501. The number of carbonyl (C=O) groups excluding carboxylic acids is 1. The van der Waals surface area contributed by atoms with E-state index in [1.54, 1.807) is 0 Å². The van der Waals surface area contributed by atoms with Gasteiger partial charge < -0.3 is 10.1 Å². The van der Waals surface area contributed by atoms with Crippen molar-refractivity contribution in [2.45, 2.75) is 96.4 Å². The molecule has 0 saturated heterocycles. The molecule has 1 rings (SSSR count). The van der Waals surface area contributed by atoms with E-state index in [-0.39, 0.29) is 11.9 Å². The lowest BCUT2D eigenvalue weighted by molar-refractivity contribution is -0.117. The molecule has 1 aromatic rings. The van der Waals surface area contributed by atoms with Crippen LogP contribution in [0.15, 0.2) is 43.0 Å². The summed E-state index contributed by atoms with van der Waals surface area (Å²) >= 11 is 0. The molecule has 0 aliphatic rings. The lowest BCUT2D eigenvalue weighted by atomic mass is 10.0. The average Bonchev–Trinajstić information content (AvgIpc) is 2.72. The Hall–Kier alpha value is -1.77. The molecule has 1 unspecified atom stereocenters. The molecule has 1 amide bonds. The molecular formula is C25H41NO2. The van der Waals surface area contributed by atoms with Crippen molar-refractivity contribution < 1.29 is 9.53 Å². The number of amides is 1. The molecule has 1 atom stereocenters. The van der Waals surface area contributed by atoms with E-state index in [9.17, 15) is 4.79 Å². The molecule has 0 bridgehead atoms. The zero-order valence-corrected chi connectivity index (χ0v) is 18.0. The van der Waals surface area contributed by atoms with Crippen LogP contribution >= 0.6 is 0 Å². The normalized spacial score (nSPS) is 11.8. The Morgan fingerprint density at radius 1 is 0.929 bits per heavy atom. The summed E-state index contributed by atoms with van der Waals surface area (Å²) in [5, 5.41) is 3.08. The molecule has 0 aromatic heterocycles. The number of ether oxygens (including phenoxy) is 1. The monoisotopic (exact) mass is 387 g/mol. The highest BCUT2D eigenvalue weighted by atomic mass is 16.5. The average molecular weight is 388 g/mol. The molecule has 0 aliphatic carbocycles. The molecule has 0 saturated carbocycles. The van der Waals surface area contributed by atoms with Crippen molar-refractivity contribution in [3.8, 4) is 5.75 Å². The molecule has 3 nitrogen and oxygen atoms in total. The Morgan fingerprint density at radius 3 is 2.11 bits per heavy atom. The Labute approximate surface area is 173 Å². The van der Waals surface area contributed by atoms with Crippen LogP contribution < -0.4 is 10.1 Å². The number of benzene rings is 1. The zero-order chi connectivity index (χ0) is 20.3. The second-order valence-corrected chi connectivity index (χ2v) is 7.68. The van der Waals surface area contributed by atoms with Crippen LogP contribution in [0.4, 0.5) is 0 Å². The SMILES string of the molecule is C=CC(=O)NC(CCCCCCCCCCCC)CCCOc1ccccc1. The van der Waals surface area contributed by atoms with E-state index in [1.807, 2.05) is 30.3 Å². The van der Waals surface area contributed by atoms with Crippen LogP contribution in [0.25, 0.3) is 0 Å². The lowest BCUT2D eigenvalue weighted by Gasteiger charge is -2.18. The fourth-order valence-corrected chi connectivity index (χ4v) is 3.46. The smallest absolute Gasteiger partial charge is 0.243 e. The van der Waals surface area contributed by atoms with Crippen LogP contribution in [0.1, 0.15) is 90.4 Å². The van der Waals surface area contributed by atoms with Crippen molar-refractivity contribution in [3.05, 3.63) is 43.0 Å². The van der Waals surface area contributed by atoms with Crippen molar-refractivity contribution in [2.75, 3.05) is 6.61 Å². The number of carbonyl (C=O) groups is 1. The summed E-state index contributed by atoms with van der Waals surface area (Å²) in [4.78, 5) is 11.7. The van der Waals surface area contributed by atoms with Gasteiger partial charge in [-0.15, -0.1) is 0 Å². The van der Waals surface area contributed by atoms with E-state index < -0.39 is 0 Å². The minimum Gasteiger partial charge on any atom is -0.494 e. The number of hydrogen-bond acceptors (Lipinski definition) is 2. The van der Waals surface area contributed by atoms with Gasteiger partial charge in [-0.3, -0.25) is 4.79 Å². The van der Waals surface area contributed by atoms with Crippen LogP contribution in [0, 0.1) is 0 Å². The maximum absolute atomic E-state index is 11.7. The molecule has 0 spiro atoms. The molecule has 0 aliphatic heterocycles. The Kier molecular flexibility index (Phi) is 15.0. The Morgan fingerprint density at radius 2 is 1.50 bits per heavy atom. The van der Waals surface area contributed by atoms with E-state index >= 15 is 0 Å². The Balaban J connectivity index is 2.11. The second-order valence-electron chi connectivity index (χ2n) is 7.68. The summed E-state index contributed by atoms with van der Waals surface area (Å²) in [5.41, 5.74) is 0. The van der Waals surface area contributed by atoms with Gasteiger partial charge in [-0.05, 0) is 37.5 Å². The summed E-state index contributed by atoms with van der Waals surface area (Å²) in [5.74, 6) is 0.838. The summed E-state index contributed by atoms with van der Waals surface area (Å²) in [6.07, 6.45) is 17.7. The predicted octanol–water partition coefficient (Wildman–Crippen LogP) is 6.83. The number of rotatable bonds is 18. The third-order valence-electron chi connectivity index (χ3n) is 5.15. The molecule has 1 aromatic carbocycles. The van der Waals surface area contributed by atoms with Crippen LogP contribution in [-0.2, 0) is 4.79 Å². The van der Waals surface area contributed by atoms with E-state index in [0.717, 1.165) is 25.0 Å². The van der Waals surface area contributed by atoms with E-state index in [0.29, 0.717) is 6.61 Å². The first-order valence-corrected chi connectivity index (χ1v) is 11.4. The number of nitrogens with one attached hydrogen (secondary N) is 1. The van der Waals surface area contributed by atoms with Gasteiger partial charge in [0.15, 0.2) is 0 Å². The van der Waals surface area contributed by atoms with Crippen molar-refractivity contribution in [1.29, 1.82) is 0 Å². The van der Waals surface area contributed by atoms with Crippen LogP contribution in [0.2, 0.25) is 0 Å². The standard InChI is InChI=1S/C25H41NO2/c1-3-5-6-7-8-9-10-11-12-14-18-23(26-25(27)4-2)19-17-22-28-24-20-15-13-16-21-24/h4,13,15-16,20-21,23H,2-3,5-12,14,17-19,22H2,1H3,(H,26,27). The summed E-state index contributed by atoms with van der Waals surface area (Å²) in [6, 6.07) is 10.1. The maximum atomic E-state index is 11.7. The third-order valence-corrected chi connectivity index (χ3v) is 5.15. The van der Waals surface area contributed by atoms with Gasteiger partial charge in [0, 0.05) is 6.04 Å². The van der Waals surface area contributed by atoms with Crippen molar-refractivity contribution in [3.63, 3.8) is 0 Å². The molecular weight excluding hydrogens is 346 g/mol.